The van der Waals surface area contributed by atoms with Gasteiger partial charge in [0.1, 0.15) is 5.75 Å². The maximum atomic E-state index is 11.6. The number of carbonyl (C=O) groups is 1. The Bertz CT molecular complexity index is 420. The average Bonchev–Trinajstić information content (AvgIpc) is 2.51. The number of nitrogens with one attached hydrogen (secondary N) is 1. The molecule has 21 heavy (non-hydrogen) atoms. The minimum absolute atomic E-state index is 0.0384. The molecule has 0 aliphatic heterocycles. The Morgan fingerprint density at radius 2 is 2.00 bits per heavy atom. The van der Waals surface area contributed by atoms with Crippen LogP contribution >= 0.6 is 0 Å². The first-order chi connectivity index (χ1) is 10.2. The maximum absolute atomic E-state index is 11.6. The SMILES string of the molecule is CCCCOC(=O)COc1ccccc1C(CC)NCC. The predicted molar refractivity (Wildman–Crippen MR) is 84.5 cm³/mol. The predicted octanol–water partition coefficient (Wildman–Crippen LogP) is 3.47. The van der Waals surface area contributed by atoms with E-state index in [0.29, 0.717) is 6.61 Å². The van der Waals surface area contributed by atoms with Crippen LogP contribution in [0.25, 0.3) is 0 Å². The van der Waals surface area contributed by atoms with Gasteiger partial charge in [-0.25, -0.2) is 4.79 Å². The summed E-state index contributed by atoms with van der Waals surface area (Å²) < 4.78 is 10.7. The van der Waals surface area contributed by atoms with Gasteiger partial charge in [0.2, 0.25) is 0 Å². The monoisotopic (exact) mass is 293 g/mol. The van der Waals surface area contributed by atoms with E-state index >= 15 is 0 Å². The Kier molecular flexibility index (Phi) is 8.51. The topological polar surface area (TPSA) is 47.6 Å². The van der Waals surface area contributed by atoms with Gasteiger partial charge in [0.25, 0.3) is 0 Å². The summed E-state index contributed by atoms with van der Waals surface area (Å²) in [5.74, 6) is 0.437. The van der Waals surface area contributed by atoms with Gasteiger partial charge in [-0.1, -0.05) is 45.4 Å². The summed E-state index contributed by atoms with van der Waals surface area (Å²) in [4.78, 5) is 11.6. The van der Waals surface area contributed by atoms with Gasteiger partial charge in [0.05, 0.1) is 6.61 Å². The largest absolute Gasteiger partial charge is 0.482 e. The van der Waals surface area contributed by atoms with Crippen molar-refractivity contribution in [2.24, 2.45) is 0 Å². The molecule has 1 rings (SSSR count). The summed E-state index contributed by atoms with van der Waals surface area (Å²) in [5, 5.41) is 3.42. The lowest BCUT2D eigenvalue weighted by Gasteiger charge is -2.19. The molecule has 0 aliphatic carbocycles. The number of carbonyl (C=O) groups excluding carboxylic acids is 1. The summed E-state index contributed by atoms with van der Waals surface area (Å²) >= 11 is 0. The minimum Gasteiger partial charge on any atom is -0.482 e. The zero-order valence-electron chi connectivity index (χ0n) is 13.4. The van der Waals surface area contributed by atoms with Crippen LogP contribution in [0, 0.1) is 0 Å². The number of benzene rings is 1. The van der Waals surface area contributed by atoms with Crippen LogP contribution in [-0.2, 0) is 9.53 Å². The Morgan fingerprint density at radius 1 is 1.24 bits per heavy atom. The molecule has 0 fully saturated rings. The standard InChI is InChI=1S/C17H27NO3/c1-4-7-12-20-17(19)13-21-16-11-9-8-10-14(16)15(5-2)18-6-3/h8-11,15,18H,4-7,12-13H2,1-3H3. The van der Waals surface area contributed by atoms with Crippen molar-refractivity contribution in [3.63, 3.8) is 0 Å². The van der Waals surface area contributed by atoms with Crippen LogP contribution in [0.5, 0.6) is 5.75 Å². The van der Waals surface area contributed by atoms with E-state index < -0.39 is 0 Å². The third-order valence-electron chi connectivity index (χ3n) is 3.26. The molecular formula is C17H27NO3. The molecule has 1 aromatic carbocycles. The molecule has 0 saturated heterocycles. The van der Waals surface area contributed by atoms with Crippen molar-refractivity contribution in [2.75, 3.05) is 19.8 Å². The fourth-order valence-corrected chi connectivity index (χ4v) is 2.13. The van der Waals surface area contributed by atoms with E-state index in [9.17, 15) is 4.79 Å². The highest BCUT2D eigenvalue weighted by atomic mass is 16.6. The number of esters is 1. The molecule has 0 saturated carbocycles. The molecule has 118 valence electrons. The number of ether oxygens (including phenoxy) is 2. The molecular weight excluding hydrogens is 266 g/mol. The van der Waals surface area contributed by atoms with Gasteiger partial charge >= 0.3 is 5.97 Å². The highest BCUT2D eigenvalue weighted by Crippen LogP contribution is 2.27. The molecule has 0 bridgehead atoms. The lowest BCUT2D eigenvalue weighted by atomic mass is 10.0. The van der Waals surface area contributed by atoms with Gasteiger partial charge in [-0.15, -0.1) is 0 Å². The van der Waals surface area contributed by atoms with E-state index in [0.717, 1.165) is 37.1 Å². The molecule has 4 nitrogen and oxygen atoms in total. The fourth-order valence-electron chi connectivity index (χ4n) is 2.13. The number of rotatable bonds is 10. The van der Waals surface area contributed by atoms with Gasteiger partial charge in [-0.3, -0.25) is 0 Å². The molecule has 1 unspecified atom stereocenters. The zero-order chi connectivity index (χ0) is 15.5. The lowest BCUT2D eigenvalue weighted by Crippen LogP contribution is -2.22. The van der Waals surface area contributed by atoms with E-state index in [4.69, 9.17) is 9.47 Å². The van der Waals surface area contributed by atoms with E-state index in [2.05, 4.69) is 26.1 Å². The average molecular weight is 293 g/mol. The van der Waals surface area contributed by atoms with Crippen molar-refractivity contribution < 1.29 is 14.3 Å². The van der Waals surface area contributed by atoms with Gasteiger partial charge in [-0.2, -0.15) is 0 Å². The first kappa shape index (κ1) is 17.5. The Balaban J connectivity index is 2.60. The Labute approximate surface area is 127 Å². The quantitative estimate of drug-likeness (QED) is 0.530. The van der Waals surface area contributed by atoms with Crippen LogP contribution in [0.3, 0.4) is 0 Å². The van der Waals surface area contributed by atoms with Gasteiger partial charge in [-0.05, 0) is 25.5 Å². The van der Waals surface area contributed by atoms with Crippen molar-refractivity contribution in [1.82, 2.24) is 5.32 Å². The van der Waals surface area contributed by atoms with Crippen LogP contribution in [0.15, 0.2) is 24.3 Å². The fraction of sp³-hybridized carbons (Fsp3) is 0.588. The van der Waals surface area contributed by atoms with E-state index in [-0.39, 0.29) is 18.6 Å². The van der Waals surface area contributed by atoms with E-state index in [1.165, 1.54) is 0 Å². The summed E-state index contributed by atoms with van der Waals surface area (Å²) in [6.45, 7) is 7.59. The Hall–Kier alpha value is -1.55. The van der Waals surface area contributed by atoms with Crippen molar-refractivity contribution >= 4 is 5.97 Å². The number of hydrogen-bond acceptors (Lipinski definition) is 4. The normalized spacial score (nSPS) is 12.0. The van der Waals surface area contributed by atoms with Crippen LogP contribution in [0.1, 0.15) is 51.6 Å². The molecule has 0 radical (unpaired) electrons. The highest BCUT2D eigenvalue weighted by molar-refractivity contribution is 5.71. The second kappa shape index (κ2) is 10.2. The third kappa shape index (κ3) is 6.17. The number of hydrogen-bond donors (Lipinski definition) is 1. The van der Waals surface area contributed by atoms with Crippen LogP contribution in [-0.4, -0.2) is 25.7 Å². The van der Waals surface area contributed by atoms with Crippen LogP contribution in [0.2, 0.25) is 0 Å². The van der Waals surface area contributed by atoms with Crippen LogP contribution < -0.4 is 10.1 Å². The molecule has 0 amide bonds. The third-order valence-corrected chi connectivity index (χ3v) is 3.26. The molecule has 4 heteroatoms. The van der Waals surface area contributed by atoms with Crippen LogP contribution in [0.4, 0.5) is 0 Å². The molecule has 0 spiro atoms. The number of unbranched alkanes of at least 4 members (excludes halogenated alkanes) is 1. The van der Waals surface area contributed by atoms with Gasteiger partial charge < -0.3 is 14.8 Å². The first-order valence-electron chi connectivity index (χ1n) is 7.83. The second-order valence-electron chi connectivity index (χ2n) is 4.92. The second-order valence-corrected chi connectivity index (χ2v) is 4.92. The smallest absolute Gasteiger partial charge is 0.344 e. The highest BCUT2D eigenvalue weighted by Gasteiger charge is 2.14. The summed E-state index contributed by atoms with van der Waals surface area (Å²) in [6.07, 6.45) is 2.87. The van der Waals surface area contributed by atoms with Crippen molar-refractivity contribution in [2.45, 2.75) is 46.1 Å². The van der Waals surface area contributed by atoms with Gasteiger partial charge in [0, 0.05) is 11.6 Å². The van der Waals surface area contributed by atoms with Crippen molar-refractivity contribution in [1.29, 1.82) is 0 Å². The van der Waals surface area contributed by atoms with Crippen molar-refractivity contribution in [3.05, 3.63) is 29.8 Å². The molecule has 1 atom stereocenters. The summed E-state index contributed by atoms with van der Waals surface area (Å²) in [5.41, 5.74) is 1.09. The minimum atomic E-state index is -0.310. The molecule has 0 heterocycles. The number of para-hydroxylation sites is 1. The van der Waals surface area contributed by atoms with E-state index in [1.807, 2.05) is 24.3 Å². The summed E-state index contributed by atoms with van der Waals surface area (Å²) in [6, 6.07) is 8.08. The lowest BCUT2D eigenvalue weighted by molar-refractivity contribution is -0.146. The van der Waals surface area contributed by atoms with E-state index in [1.54, 1.807) is 0 Å². The Morgan fingerprint density at radius 3 is 2.67 bits per heavy atom. The molecule has 0 aliphatic rings. The summed E-state index contributed by atoms with van der Waals surface area (Å²) in [7, 11) is 0. The molecule has 1 aromatic rings. The van der Waals surface area contributed by atoms with Crippen molar-refractivity contribution in [3.8, 4) is 5.75 Å². The first-order valence-corrected chi connectivity index (χ1v) is 7.83. The van der Waals surface area contributed by atoms with Gasteiger partial charge in [0.15, 0.2) is 6.61 Å². The zero-order valence-corrected chi connectivity index (χ0v) is 13.4. The maximum Gasteiger partial charge on any atom is 0.344 e. The molecule has 0 aromatic heterocycles. The molecule has 1 N–H and O–H groups in total.